The molecule has 1 fully saturated rings. The summed E-state index contributed by atoms with van der Waals surface area (Å²) in [7, 11) is 0. The number of nitrogens with zero attached hydrogens (tertiary/aromatic N) is 3. The molecule has 0 atom stereocenters. The topological polar surface area (TPSA) is 82.6 Å². The monoisotopic (exact) mass is 478 g/mol. The van der Waals surface area contributed by atoms with Crippen LogP contribution < -0.4 is 10.2 Å². The molecule has 1 aliphatic heterocycles. The third-order valence-electron chi connectivity index (χ3n) is 5.25. The Morgan fingerprint density at radius 1 is 1.24 bits per heavy atom. The summed E-state index contributed by atoms with van der Waals surface area (Å²) in [5.41, 5.74) is 2.16. The first-order valence-corrected chi connectivity index (χ1v) is 11.7. The highest BCUT2D eigenvalue weighted by molar-refractivity contribution is 7.14. The van der Waals surface area contributed by atoms with Crippen LogP contribution in [0.3, 0.4) is 0 Å². The number of amides is 3. The van der Waals surface area contributed by atoms with E-state index in [9.17, 15) is 18.8 Å². The molecular formula is C25H23FN4O3S. The summed E-state index contributed by atoms with van der Waals surface area (Å²) in [6.07, 6.45) is 4.34. The van der Waals surface area contributed by atoms with Crippen LogP contribution in [0.25, 0.3) is 6.08 Å². The van der Waals surface area contributed by atoms with Crippen molar-refractivity contribution in [3.63, 3.8) is 0 Å². The van der Waals surface area contributed by atoms with Gasteiger partial charge in [0.1, 0.15) is 5.82 Å². The second kappa shape index (κ2) is 10.4. The Hall–Kier alpha value is -3.85. The Labute approximate surface area is 200 Å². The van der Waals surface area contributed by atoms with Gasteiger partial charge in [-0.1, -0.05) is 24.3 Å². The van der Waals surface area contributed by atoms with Crippen LogP contribution >= 0.6 is 11.3 Å². The fourth-order valence-corrected chi connectivity index (χ4v) is 4.53. The van der Waals surface area contributed by atoms with E-state index < -0.39 is 5.82 Å². The summed E-state index contributed by atoms with van der Waals surface area (Å²) in [5, 5.41) is 4.79. The molecule has 3 amide bonds. The zero-order chi connectivity index (χ0) is 24.1. The van der Waals surface area contributed by atoms with Gasteiger partial charge in [-0.2, -0.15) is 0 Å². The van der Waals surface area contributed by atoms with Gasteiger partial charge in [0.15, 0.2) is 5.13 Å². The quantitative estimate of drug-likeness (QED) is 0.497. The molecule has 3 aromatic rings. The van der Waals surface area contributed by atoms with Crippen LogP contribution in [0.15, 0.2) is 60.0 Å². The second-order valence-electron chi connectivity index (χ2n) is 7.80. The van der Waals surface area contributed by atoms with Gasteiger partial charge in [0.2, 0.25) is 17.7 Å². The third-order valence-corrected chi connectivity index (χ3v) is 6.10. The Morgan fingerprint density at radius 2 is 2.06 bits per heavy atom. The van der Waals surface area contributed by atoms with Gasteiger partial charge in [-0.3, -0.25) is 19.3 Å². The van der Waals surface area contributed by atoms with Crippen LogP contribution in [0.1, 0.15) is 31.0 Å². The van der Waals surface area contributed by atoms with Crippen LogP contribution in [-0.2, 0) is 20.9 Å². The summed E-state index contributed by atoms with van der Waals surface area (Å²) in [5.74, 6) is -1.09. The number of para-hydroxylation sites is 1. The van der Waals surface area contributed by atoms with Gasteiger partial charge in [-0.15, -0.1) is 11.3 Å². The molecule has 4 rings (SSSR count). The molecule has 9 heteroatoms. The maximum Gasteiger partial charge on any atom is 0.248 e. The zero-order valence-electron chi connectivity index (χ0n) is 18.5. The van der Waals surface area contributed by atoms with Crippen LogP contribution in [0.2, 0.25) is 0 Å². The van der Waals surface area contributed by atoms with Gasteiger partial charge in [0.25, 0.3) is 0 Å². The number of aromatic nitrogens is 1. The molecule has 0 spiro atoms. The fourth-order valence-electron chi connectivity index (χ4n) is 3.68. The SMILES string of the molecule is CC(=O)N(c1nc(/C=C/C(=O)Nc2cccc(CN3CCCC3=O)c2)cs1)c1ccccc1F. The van der Waals surface area contributed by atoms with E-state index in [0.717, 1.165) is 18.5 Å². The van der Waals surface area contributed by atoms with E-state index in [2.05, 4.69) is 10.3 Å². The van der Waals surface area contributed by atoms with E-state index in [1.807, 2.05) is 23.1 Å². The lowest BCUT2D eigenvalue weighted by Crippen LogP contribution is -2.23. The molecule has 7 nitrogen and oxygen atoms in total. The summed E-state index contributed by atoms with van der Waals surface area (Å²) in [4.78, 5) is 43.8. The number of rotatable bonds is 7. The highest BCUT2D eigenvalue weighted by atomic mass is 32.1. The number of halogens is 1. The summed E-state index contributed by atoms with van der Waals surface area (Å²) < 4.78 is 14.2. The summed E-state index contributed by atoms with van der Waals surface area (Å²) in [6, 6.07) is 13.4. The molecule has 0 radical (unpaired) electrons. The Balaban J connectivity index is 1.41. The van der Waals surface area contributed by atoms with Crippen molar-refractivity contribution in [1.29, 1.82) is 0 Å². The van der Waals surface area contributed by atoms with Crippen molar-refractivity contribution in [2.45, 2.75) is 26.3 Å². The Kier molecular flexibility index (Phi) is 7.12. The van der Waals surface area contributed by atoms with Crippen LogP contribution in [0.4, 0.5) is 20.9 Å². The number of anilines is 3. The number of thiazole rings is 1. The predicted molar refractivity (Wildman–Crippen MR) is 130 cm³/mol. The molecular weight excluding hydrogens is 455 g/mol. The highest BCUT2D eigenvalue weighted by Crippen LogP contribution is 2.31. The minimum Gasteiger partial charge on any atom is -0.338 e. The van der Waals surface area contributed by atoms with Crippen molar-refractivity contribution in [2.24, 2.45) is 0 Å². The number of benzene rings is 2. The molecule has 0 aliphatic carbocycles. The third kappa shape index (κ3) is 5.55. The van der Waals surface area contributed by atoms with Crippen molar-refractivity contribution in [2.75, 3.05) is 16.8 Å². The van der Waals surface area contributed by atoms with Crippen LogP contribution in [-0.4, -0.2) is 34.2 Å². The van der Waals surface area contributed by atoms with Crippen molar-refractivity contribution < 1.29 is 18.8 Å². The normalized spacial score (nSPS) is 13.5. The van der Waals surface area contributed by atoms with Crippen molar-refractivity contribution in [3.05, 3.63) is 77.1 Å². The van der Waals surface area contributed by atoms with Crippen molar-refractivity contribution in [3.8, 4) is 0 Å². The van der Waals surface area contributed by atoms with Crippen molar-refractivity contribution >= 4 is 51.6 Å². The van der Waals surface area contributed by atoms with Crippen LogP contribution in [0, 0.1) is 5.82 Å². The number of carbonyl (C=O) groups is 3. The molecule has 1 saturated heterocycles. The van der Waals surface area contributed by atoms with Crippen LogP contribution in [0.5, 0.6) is 0 Å². The molecule has 2 aromatic carbocycles. The standard InChI is InChI=1S/C25H23FN4O3S/c1-17(31)30(22-9-3-2-8-21(22)26)25-28-20(16-34-25)11-12-23(32)27-19-7-4-6-18(14-19)15-29-13-5-10-24(29)33/h2-4,6-9,11-12,14,16H,5,10,13,15H2,1H3,(H,27,32)/b12-11+. The van der Waals surface area contributed by atoms with E-state index in [1.54, 1.807) is 23.6 Å². The molecule has 0 unspecified atom stereocenters. The lowest BCUT2D eigenvalue weighted by molar-refractivity contribution is -0.128. The molecule has 0 saturated carbocycles. The second-order valence-corrected chi connectivity index (χ2v) is 8.64. The highest BCUT2D eigenvalue weighted by Gasteiger charge is 2.21. The largest absolute Gasteiger partial charge is 0.338 e. The lowest BCUT2D eigenvalue weighted by Gasteiger charge is -2.18. The minimum atomic E-state index is -0.527. The first-order valence-electron chi connectivity index (χ1n) is 10.8. The molecule has 34 heavy (non-hydrogen) atoms. The van der Waals surface area contributed by atoms with Gasteiger partial charge in [-0.05, 0) is 42.3 Å². The van der Waals surface area contributed by atoms with Gasteiger partial charge in [0, 0.05) is 43.6 Å². The average molecular weight is 479 g/mol. The molecule has 174 valence electrons. The molecule has 1 N–H and O–H groups in total. The van der Waals surface area contributed by atoms with E-state index in [1.165, 1.54) is 47.4 Å². The number of carbonyl (C=O) groups excluding carboxylic acids is 3. The first kappa shape index (κ1) is 23.3. The summed E-state index contributed by atoms with van der Waals surface area (Å²) in [6.45, 7) is 2.62. The maximum atomic E-state index is 14.2. The maximum absolute atomic E-state index is 14.2. The van der Waals surface area contributed by atoms with E-state index >= 15 is 0 Å². The Bertz CT molecular complexity index is 1260. The number of hydrogen-bond donors (Lipinski definition) is 1. The zero-order valence-corrected chi connectivity index (χ0v) is 19.3. The number of likely N-dealkylation sites (tertiary alicyclic amines) is 1. The molecule has 1 aliphatic rings. The number of nitrogens with one attached hydrogen (secondary N) is 1. The van der Waals surface area contributed by atoms with E-state index in [0.29, 0.717) is 29.5 Å². The molecule has 0 bridgehead atoms. The smallest absolute Gasteiger partial charge is 0.248 e. The van der Waals surface area contributed by atoms with E-state index in [4.69, 9.17) is 0 Å². The minimum absolute atomic E-state index is 0.119. The average Bonchev–Trinajstić information content (AvgIpc) is 3.43. The van der Waals surface area contributed by atoms with Gasteiger partial charge < -0.3 is 10.2 Å². The van der Waals surface area contributed by atoms with Gasteiger partial charge in [0.05, 0.1) is 11.4 Å². The fraction of sp³-hybridized carbons (Fsp3) is 0.200. The predicted octanol–water partition coefficient (Wildman–Crippen LogP) is 4.74. The summed E-state index contributed by atoms with van der Waals surface area (Å²) >= 11 is 1.17. The number of hydrogen-bond acceptors (Lipinski definition) is 5. The van der Waals surface area contributed by atoms with Gasteiger partial charge >= 0.3 is 0 Å². The molecule has 1 aromatic heterocycles. The first-order chi connectivity index (χ1) is 16.4. The Morgan fingerprint density at radius 3 is 2.79 bits per heavy atom. The van der Waals surface area contributed by atoms with Crippen molar-refractivity contribution in [1.82, 2.24) is 9.88 Å². The van der Waals surface area contributed by atoms with E-state index in [-0.39, 0.29) is 23.4 Å². The molecule has 2 heterocycles. The lowest BCUT2D eigenvalue weighted by atomic mass is 10.2. The van der Waals surface area contributed by atoms with Gasteiger partial charge in [-0.25, -0.2) is 9.37 Å².